The zero-order chi connectivity index (χ0) is 10.7. The monoisotopic (exact) mass is 231 g/mol. The first-order valence-corrected chi connectivity index (χ1v) is 4.41. The normalized spacial score (nSPS) is 11.7. The van der Waals surface area contributed by atoms with E-state index in [4.69, 9.17) is 5.73 Å². The van der Waals surface area contributed by atoms with E-state index in [0.29, 0.717) is 17.5 Å². The summed E-state index contributed by atoms with van der Waals surface area (Å²) in [6.07, 6.45) is 2.15. The molecule has 1 aromatic carbocycles. The quantitative estimate of drug-likeness (QED) is 0.786. The Balaban J connectivity index is 0.00000196. The number of rotatable bonds is 3. The third-order valence-electron chi connectivity index (χ3n) is 2.11. The molecule has 0 radical (unpaired) electrons. The van der Waals surface area contributed by atoms with Gasteiger partial charge in [-0.3, -0.25) is 0 Å². The number of halogens is 2. The molecule has 1 atom stereocenters. The minimum absolute atomic E-state index is 0. The van der Waals surface area contributed by atoms with Crippen molar-refractivity contribution in [2.45, 2.75) is 19.4 Å². The molecule has 0 aliphatic rings. The molecule has 15 heavy (non-hydrogen) atoms. The topological polar surface area (TPSA) is 46.2 Å². The number of nitrogens with two attached hydrogens (primary N) is 1. The van der Waals surface area contributed by atoms with E-state index in [1.807, 2.05) is 0 Å². The molecule has 0 amide bonds. The van der Waals surface area contributed by atoms with Gasteiger partial charge < -0.3 is 10.8 Å². The second-order valence-corrected chi connectivity index (χ2v) is 3.29. The summed E-state index contributed by atoms with van der Waals surface area (Å²) < 4.78 is 13.0. The fraction of sp³-hybridized carbons (Fsp3) is 0.273. The van der Waals surface area contributed by atoms with Crippen LogP contribution < -0.4 is 5.73 Å². The molecule has 0 saturated carbocycles. The summed E-state index contributed by atoms with van der Waals surface area (Å²) in [5.74, 6) is -0.310. The number of aryl methyl sites for hydroxylation is 1. The molecule has 0 unspecified atom stereocenters. The molecule has 0 aliphatic heterocycles. The summed E-state index contributed by atoms with van der Waals surface area (Å²) in [6.45, 7) is 5.19. The van der Waals surface area contributed by atoms with Crippen molar-refractivity contribution in [3.63, 3.8) is 0 Å². The Labute approximate surface area is 95.0 Å². The molecule has 2 nitrogen and oxygen atoms in total. The molecule has 4 heteroatoms. The van der Waals surface area contributed by atoms with E-state index in [1.165, 1.54) is 12.1 Å². The van der Waals surface area contributed by atoms with Crippen LogP contribution >= 0.6 is 12.4 Å². The lowest BCUT2D eigenvalue weighted by Gasteiger charge is -2.13. The van der Waals surface area contributed by atoms with Gasteiger partial charge in [0.15, 0.2) is 0 Å². The third-order valence-corrected chi connectivity index (χ3v) is 2.11. The molecule has 1 aromatic rings. The van der Waals surface area contributed by atoms with E-state index < -0.39 is 6.04 Å². The number of aromatic hydroxyl groups is 1. The third kappa shape index (κ3) is 3.22. The summed E-state index contributed by atoms with van der Waals surface area (Å²) >= 11 is 0. The highest BCUT2D eigenvalue weighted by Gasteiger charge is 2.12. The molecule has 1 rings (SSSR count). The maximum absolute atomic E-state index is 13.0. The predicted molar refractivity (Wildman–Crippen MR) is 61.8 cm³/mol. The van der Waals surface area contributed by atoms with E-state index in [1.54, 1.807) is 13.0 Å². The molecule has 0 bridgehead atoms. The van der Waals surface area contributed by atoms with Gasteiger partial charge in [-0.1, -0.05) is 6.08 Å². The Bertz CT molecular complexity index is 355. The Hall–Kier alpha value is -1.06. The Kier molecular flexibility index (Phi) is 5.33. The van der Waals surface area contributed by atoms with Crippen molar-refractivity contribution in [1.29, 1.82) is 0 Å². The van der Waals surface area contributed by atoms with E-state index in [9.17, 15) is 9.50 Å². The maximum Gasteiger partial charge on any atom is 0.124 e. The van der Waals surface area contributed by atoms with Crippen LogP contribution in [0.1, 0.15) is 23.6 Å². The largest absolute Gasteiger partial charge is 0.507 e. The van der Waals surface area contributed by atoms with Crippen LogP contribution in [0.3, 0.4) is 0 Å². The van der Waals surface area contributed by atoms with Crippen molar-refractivity contribution in [3.05, 3.63) is 41.7 Å². The fourth-order valence-corrected chi connectivity index (χ4v) is 1.35. The summed E-state index contributed by atoms with van der Waals surface area (Å²) in [5, 5.41) is 9.64. The van der Waals surface area contributed by atoms with Gasteiger partial charge in [-0.2, -0.15) is 0 Å². The van der Waals surface area contributed by atoms with Gasteiger partial charge in [0, 0.05) is 11.6 Å². The van der Waals surface area contributed by atoms with Crippen molar-refractivity contribution in [2.75, 3.05) is 0 Å². The standard InChI is InChI=1S/C11H14FNO.ClH/c1-3-4-10(13)9-6-8(12)5-7(2)11(9)14;/h3,5-6,10,14H,1,4,13H2,2H3;1H/t10-;/m1./s1. The van der Waals surface area contributed by atoms with Crippen LogP contribution in [0.25, 0.3) is 0 Å². The van der Waals surface area contributed by atoms with Gasteiger partial charge >= 0.3 is 0 Å². The first kappa shape index (κ1) is 13.9. The van der Waals surface area contributed by atoms with Gasteiger partial charge in [-0.15, -0.1) is 19.0 Å². The molecular formula is C11H15ClFNO. The zero-order valence-corrected chi connectivity index (χ0v) is 9.35. The van der Waals surface area contributed by atoms with E-state index in [-0.39, 0.29) is 24.0 Å². The van der Waals surface area contributed by atoms with E-state index >= 15 is 0 Å². The predicted octanol–water partition coefficient (Wildman–Crippen LogP) is 2.84. The van der Waals surface area contributed by atoms with Gasteiger partial charge in [-0.25, -0.2) is 4.39 Å². The van der Waals surface area contributed by atoms with Gasteiger partial charge in [0.05, 0.1) is 0 Å². The number of hydrogen-bond acceptors (Lipinski definition) is 2. The summed E-state index contributed by atoms with van der Waals surface area (Å²) in [6, 6.07) is 2.14. The van der Waals surface area contributed by atoms with Crippen LogP contribution in [0.5, 0.6) is 5.75 Å². The first-order valence-electron chi connectivity index (χ1n) is 4.41. The maximum atomic E-state index is 13.0. The molecule has 0 aliphatic carbocycles. The SMILES string of the molecule is C=CC[C@@H](N)c1cc(F)cc(C)c1O.Cl. The summed E-state index contributed by atoms with van der Waals surface area (Å²) in [7, 11) is 0. The van der Waals surface area contributed by atoms with Crippen LogP contribution in [0.15, 0.2) is 24.8 Å². The Morgan fingerprint density at radius 3 is 2.73 bits per heavy atom. The molecular weight excluding hydrogens is 217 g/mol. The summed E-state index contributed by atoms with van der Waals surface area (Å²) in [5.41, 5.74) is 6.68. The highest BCUT2D eigenvalue weighted by molar-refractivity contribution is 5.85. The molecule has 0 aromatic heterocycles. The van der Waals surface area contributed by atoms with Crippen LogP contribution in [-0.2, 0) is 0 Å². The van der Waals surface area contributed by atoms with Crippen molar-refractivity contribution in [1.82, 2.24) is 0 Å². The van der Waals surface area contributed by atoms with Gasteiger partial charge in [-0.05, 0) is 31.0 Å². The Morgan fingerprint density at radius 2 is 2.20 bits per heavy atom. The lowest BCUT2D eigenvalue weighted by Crippen LogP contribution is -2.10. The second-order valence-electron chi connectivity index (χ2n) is 3.29. The number of phenolic OH excluding ortho intramolecular Hbond substituents is 1. The highest BCUT2D eigenvalue weighted by atomic mass is 35.5. The van der Waals surface area contributed by atoms with Crippen molar-refractivity contribution < 1.29 is 9.50 Å². The van der Waals surface area contributed by atoms with Gasteiger partial charge in [0.2, 0.25) is 0 Å². The molecule has 0 spiro atoms. The minimum atomic E-state index is -0.401. The average molecular weight is 232 g/mol. The zero-order valence-electron chi connectivity index (χ0n) is 8.53. The molecule has 0 fully saturated rings. The molecule has 3 N–H and O–H groups in total. The lowest BCUT2D eigenvalue weighted by molar-refractivity contribution is 0.454. The highest BCUT2D eigenvalue weighted by Crippen LogP contribution is 2.29. The molecule has 0 heterocycles. The van der Waals surface area contributed by atoms with Crippen LogP contribution in [-0.4, -0.2) is 5.11 Å². The molecule has 0 saturated heterocycles. The minimum Gasteiger partial charge on any atom is -0.507 e. The van der Waals surface area contributed by atoms with Gasteiger partial charge in [0.25, 0.3) is 0 Å². The first-order chi connectivity index (χ1) is 6.56. The van der Waals surface area contributed by atoms with Crippen molar-refractivity contribution in [2.24, 2.45) is 5.73 Å². The van der Waals surface area contributed by atoms with E-state index in [2.05, 4.69) is 6.58 Å². The second kappa shape index (κ2) is 5.73. The van der Waals surface area contributed by atoms with Crippen LogP contribution in [0.2, 0.25) is 0 Å². The van der Waals surface area contributed by atoms with Gasteiger partial charge in [0.1, 0.15) is 11.6 Å². The number of hydrogen-bond donors (Lipinski definition) is 2. The van der Waals surface area contributed by atoms with Crippen LogP contribution in [0.4, 0.5) is 4.39 Å². The molecule has 84 valence electrons. The smallest absolute Gasteiger partial charge is 0.124 e. The average Bonchev–Trinajstić information content (AvgIpc) is 2.11. The van der Waals surface area contributed by atoms with Crippen molar-refractivity contribution in [3.8, 4) is 5.75 Å². The summed E-state index contributed by atoms with van der Waals surface area (Å²) in [4.78, 5) is 0. The lowest BCUT2D eigenvalue weighted by atomic mass is 10.0. The van der Waals surface area contributed by atoms with E-state index in [0.717, 1.165) is 0 Å². The Morgan fingerprint density at radius 1 is 1.60 bits per heavy atom. The number of benzene rings is 1. The van der Waals surface area contributed by atoms with Crippen molar-refractivity contribution >= 4 is 12.4 Å². The number of phenols is 1. The fourth-order valence-electron chi connectivity index (χ4n) is 1.35. The van der Waals surface area contributed by atoms with Crippen LogP contribution in [0, 0.1) is 12.7 Å².